The maximum atomic E-state index is 12.6. The van der Waals surface area contributed by atoms with Gasteiger partial charge in [-0.1, -0.05) is 23.7 Å². The number of anilines is 1. The van der Waals surface area contributed by atoms with E-state index >= 15 is 0 Å². The summed E-state index contributed by atoms with van der Waals surface area (Å²) in [5.41, 5.74) is 2.70. The maximum absolute atomic E-state index is 12.6. The molecule has 0 saturated carbocycles. The lowest BCUT2D eigenvalue weighted by atomic mass is 10.1. The molecule has 2 aromatic rings. The van der Waals surface area contributed by atoms with Crippen molar-refractivity contribution in [2.24, 2.45) is 0 Å². The van der Waals surface area contributed by atoms with E-state index in [-0.39, 0.29) is 18.7 Å². The first-order chi connectivity index (χ1) is 13.1. The number of hydrogen-bond acceptors (Lipinski definition) is 3. The molecule has 3 rings (SSSR count). The molecule has 5 nitrogen and oxygen atoms in total. The first-order valence-electron chi connectivity index (χ1n) is 9.23. The zero-order chi connectivity index (χ0) is 19.2. The molecule has 0 aliphatic carbocycles. The van der Waals surface area contributed by atoms with Crippen LogP contribution in [0.25, 0.3) is 0 Å². The molecule has 1 fully saturated rings. The summed E-state index contributed by atoms with van der Waals surface area (Å²) in [6.45, 7) is 3.21. The topological polar surface area (TPSA) is 61.8 Å². The highest BCUT2D eigenvalue weighted by Crippen LogP contribution is 2.25. The fraction of sp³-hybridized carbons (Fsp3) is 0.381. The number of aliphatic hydroxyl groups is 1. The number of likely N-dealkylation sites (tertiary alicyclic amines) is 1. The van der Waals surface area contributed by atoms with Crippen LogP contribution in [0.2, 0.25) is 5.02 Å². The van der Waals surface area contributed by atoms with Crippen LogP contribution in [0.15, 0.2) is 42.5 Å². The molecule has 27 heavy (non-hydrogen) atoms. The highest BCUT2D eigenvalue weighted by atomic mass is 35.5. The molecular formula is C21H25ClN2O3. The number of aliphatic hydroxyl groups excluding tert-OH is 1. The Bertz CT molecular complexity index is 797. The fourth-order valence-electron chi connectivity index (χ4n) is 3.40. The number of nitrogens with zero attached hydrogens (tertiary/aromatic N) is 1. The van der Waals surface area contributed by atoms with Crippen LogP contribution in [0, 0.1) is 6.92 Å². The van der Waals surface area contributed by atoms with Crippen molar-refractivity contribution in [1.82, 2.24) is 4.90 Å². The van der Waals surface area contributed by atoms with Crippen molar-refractivity contribution in [3.8, 4) is 5.75 Å². The standard InChI is InChI=1S/C21H25ClN2O3/c1-15-12-19(27-14-16-4-2-5-17(22)13-16)7-8-20(15)23-21(26)24-10-3-6-18(24)9-11-25/h2,4-5,7-8,12-13,18,25H,3,6,9-11,14H2,1H3,(H,23,26). The minimum Gasteiger partial charge on any atom is -0.489 e. The average Bonchev–Trinajstić information content (AvgIpc) is 3.11. The number of hydrogen-bond donors (Lipinski definition) is 2. The Hall–Kier alpha value is -2.24. The van der Waals surface area contributed by atoms with Gasteiger partial charge in [-0.25, -0.2) is 4.79 Å². The van der Waals surface area contributed by atoms with Gasteiger partial charge >= 0.3 is 6.03 Å². The average molecular weight is 389 g/mol. The summed E-state index contributed by atoms with van der Waals surface area (Å²) in [7, 11) is 0. The summed E-state index contributed by atoms with van der Waals surface area (Å²) >= 11 is 5.99. The number of ether oxygens (including phenoxy) is 1. The van der Waals surface area contributed by atoms with E-state index in [0.29, 0.717) is 18.1 Å². The third-order valence-electron chi connectivity index (χ3n) is 4.83. The zero-order valence-corrected chi connectivity index (χ0v) is 16.2. The van der Waals surface area contributed by atoms with E-state index in [0.717, 1.165) is 42.0 Å². The van der Waals surface area contributed by atoms with Crippen LogP contribution in [-0.4, -0.2) is 35.2 Å². The summed E-state index contributed by atoms with van der Waals surface area (Å²) in [6, 6.07) is 13.2. The summed E-state index contributed by atoms with van der Waals surface area (Å²) in [5, 5.41) is 12.8. The Labute approximate surface area is 164 Å². The van der Waals surface area contributed by atoms with Crippen molar-refractivity contribution in [2.45, 2.75) is 38.8 Å². The van der Waals surface area contributed by atoms with E-state index < -0.39 is 0 Å². The number of benzene rings is 2. The molecule has 1 aliphatic rings. The summed E-state index contributed by atoms with van der Waals surface area (Å²) < 4.78 is 5.83. The van der Waals surface area contributed by atoms with Gasteiger partial charge in [0.25, 0.3) is 0 Å². The number of amides is 2. The molecule has 0 aromatic heterocycles. The maximum Gasteiger partial charge on any atom is 0.322 e. The van der Waals surface area contributed by atoms with Crippen LogP contribution in [0.3, 0.4) is 0 Å². The van der Waals surface area contributed by atoms with Gasteiger partial charge in [0.05, 0.1) is 0 Å². The van der Waals surface area contributed by atoms with Crippen LogP contribution in [0.4, 0.5) is 10.5 Å². The number of carbonyl (C=O) groups excluding carboxylic acids is 1. The minimum absolute atomic E-state index is 0.103. The van der Waals surface area contributed by atoms with Crippen LogP contribution in [0.5, 0.6) is 5.75 Å². The highest BCUT2D eigenvalue weighted by Gasteiger charge is 2.28. The lowest BCUT2D eigenvalue weighted by Gasteiger charge is -2.25. The van der Waals surface area contributed by atoms with Crippen molar-refractivity contribution in [2.75, 3.05) is 18.5 Å². The number of aryl methyl sites for hydroxylation is 1. The number of halogens is 1. The largest absolute Gasteiger partial charge is 0.489 e. The summed E-state index contributed by atoms with van der Waals surface area (Å²) in [6.07, 6.45) is 2.55. The molecular weight excluding hydrogens is 364 g/mol. The van der Waals surface area contributed by atoms with E-state index in [2.05, 4.69) is 5.32 Å². The summed E-state index contributed by atoms with van der Waals surface area (Å²) in [4.78, 5) is 14.4. The third-order valence-corrected chi connectivity index (χ3v) is 5.07. The molecule has 1 atom stereocenters. The predicted octanol–water partition coefficient (Wildman–Crippen LogP) is 4.61. The van der Waals surface area contributed by atoms with Gasteiger partial charge in [0, 0.05) is 29.9 Å². The van der Waals surface area contributed by atoms with Crippen LogP contribution >= 0.6 is 11.6 Å². The van der Waals surface area contributed by atoms with E-state index in [9.17, 15) is 4.79 Å². The van der Waals surface area contributed by atoms with E-state index in [1.54, 1.807) is 0 Å². The smallest absolute Gasteiger partial charge is 0.322 e. The van der Waals surface area contributed by atoms with Crippen molar-refractivity contribution in [3.05, 3.63) is 58.6 Å². The second-order valence-electron chi connectivity index (χ2n) is 6.83. The van der Waals surface area contributed by atoms with E-state index in [1.807, 2.05) is 54.3 Å². The molecule has 1 heterocycles. The SMILES string of the molecule is Cc1cc(OCc2cccc(Cl)c2)ccc1NC(=O)N1CCCC1CCO. The van der Waals surface area contributed by atoms with Crippen molar-refractivity contribution in [1.29, 1.82) is 0 Å². The predicted molar refractivity (Wildman–Crippen MR) is 107 cm³/mol. The zero-order valence-electron chi connectivity index (χ0n) is 15.5. The minimum atomic E-state index is -0.110. The number of carbonyl (C=O) groups is 1. The number of rotatable bonds is 6. The molecule has 2 amide bonds. The Balaban J connectivity index is 1.60. The summed E-state index contributed by atoms with van der Waals surface area (Å²) in [5.74, 6) is 0.741. The second-order valence-corrected chi connectivity index (χ2v) is 7.26. The number of urea groups is 1. The van der Waals surface area contributed by atoms with Crippen LogP contribution < -0.4 is 10.1 Å². The molecule has 2 N–H and O–H groups in total. The van der Waals surface area contributed by atoms with Gasteiger partial charge in [0.1, 0.15) is 12.4 Å². The molecule has 1 saturated heterocycles. The molecule has 144 valence electrons. The van der Waals surface area contributed by atoms with Gasteiger partial charge in [-0.2, -0.15) is 0 Å². The Morgan fingerprint density at radius 3 is 2.93 bits per heavy atom. The molecule has 1 aliphatic heterocycles. The molecule has 0 spiro atoms. The normalized spacial score (nSPS) is 16.4. The first kappa shape index (κ1) is 19.5. The monoisotopic (exact) mass is 388 g/mol. The quantitative estimate of drug-likeness (QED) is 0.759. The number of nitrogens with one attached hydrogen (secondary N) is 1. The highest BCUT2D eigenvalue weighted by molar-refractivity contribution is 6.30. The fourth-order valence-corrected chi connectivity index (χ4v) is 3.61. The van der Waals surface area contributed by atoms with Crippen LogP contribution in [-0.2, 0) is 6.61 Å². The molecule has 2 aromatic carbocycles. The van der Waals surface area contributed by atoms with Crippen molar-refractivity contribution < 1.29 is 14.6 Å². The third kappa shape index (κ3) is 5.15. The van der Waals surface area contributed by atoms with Gasteiger partial charge in [-0.15, -0.1) is 0 Å². The lowest BCUT2D eigenvalue weighted by molar-refractivity contribution is 0.189. The Morgan fingerprint density at radius 1 is 1.33 bits per heavy atom. The Kier molecular flexibility index (Phi) is 6.58. The van der Waals surface area contributed by atoms with Gasteiger partial charge in [0.15, 0.2) is 0 Å². The van der Waals surface area contributed by atoms with E-state index in [1.165, 1.54) is 0 Å². The molecule has 6 heteroatoms. The second kappa shape index (κ2) is 9.11. The van der Waals surface area contributed by atoms with Gasteiger partial charge in [0.2, 0.25) is 0 Å². The molecule has 1 unspecified atom stereocenters. The lowest BCUT2D eigenvalue weighted by Crippen LogP contribution is -2.39. The van der Waals surface area contributed by atoms with Gasteiger partial charge in [-0.05, 0) is 67.6 Å². The van der Waals surface area contributed by atoms with Crippen molar-refractivity contribution in [3.63, 3.8) is 0 Å². The van der Waals surface area contributed by atoms with Gasteiger partial charge < -0.3 is 20.1 Å². The van der Waals surface area contributed by atoms with Gasteiger partial charge in [-0.3, -0.25) is 0 Å². The Morgan fingerprint density at radius 2 is 2.19 bits per heavy atom. The molecule has 0 radical (unpaired) electrons. The van der Waals surface area contributed by atoms with Crippen LogP contribution in [0.1, 0.15) is 30.4 Å². The molecule has 0 bridgehead atoms. The van der Waals surface area contributed by atoms with Crippen molar-refractivity contribution >= 4 is 23.3 Å². The first-order valence-corrected chi connectivity index (χ1v) is 9.61. The van der Waals surface area contributed by atoms with E-state index in [4.69, 9.17) is 21.4 Å².